The Balaban J connectivity index is 1.99. The summed E-state index contributed by atoms with van der Waals surface area (Å²) in [5, 5.41) is 8.96. The molecule has 0 saturated carbocycles. The number of aromatic nitrogens is 4. The SMILES string of the molecule is CCOc1nn2c(N)[n+](CC(=O)c3cc(OCCF)cc(C(C)(C)C)c3)nc2c(C)c1C. The summed E-state index contributed by atoms with van der Waals surface area (Å²) in [5.41, 5.74) is 9.73. The van der Waals surface area contributed by atoms with Crippen molar-refractivity contribution in [3.63, 3.8) is 0 Å². The summed E-state index contributed by atoms with van der Waals surface area (Å²) < 4.78 is 26.6. The number of Topliss-reactive ketones (excluding diaryl/α,β-unsaturated/α-hetero) is 1. The molecule has 3 aromatic rings. The molecule has 32 heavy (non-hydrogen) atoms. The summed E-state index contributed by atoms with van der Waals surface area (Å²) in [4.78, 5) is 13.2. The summed E-state index contributed by atoms with van der Waals surface area (Å²) in [7, 11) is 0. The minimum Gasteiger partial charge on any atom is -0.491 e. The van der Waals surface area contributed by atoms with Crippen LogP contribution in [0, 0.1) is 13.8 Å². The molecule has 0 atom stereocenters. The van der Waals surface area contributed by atoms with E-state index < -0.39 is 6.67 Å². The van der Waals surface area contributed by atoms with Crippen LogP contribution in [-0.4, -0.2) is 40.4 Å². The number of benzene rings is 1. The molecule has 0 spiro atoms. The molecule has 3 rings (SSSR count). The number of nitrogen functional groups attached to an aromatic ring is 1. The molecular formula is C23H31FN5O3+. The van der Waals surface area contributed by atoms with Crippen molar-refractivity contribution in [1.29, 1.82) is 0 Å². The lowest BCUT2D eigenvalue weighted by Gasteiger charge is -2.21. The molecule has 0 amide bonds. The molecule has 0 aliphatic rings. The zero-order valence-corrected chi connectivity index (χ0v) is 19.5. The summed E-state index contributed by atoms with van der Waals surface area (Å²) in [6, 6.07) is 5.29. The van der Waals surface area contributed by atoms with Crippen molar-refractivity contribution >= 4 is 17.4 Å². The third-order valence-electron chi connectivity index (χ3n) is 5.32. The van der Waals surface area contributed by atoms with E-state index in [4.69, 9.17) is 15.2 Å². The highest BCUT2D eigenvalue weighted by Gasteiger charge is 2.25. The first-order valence-corrected chi connectivity index (χ1v) is 10.6. The molecule has 172 valence electrons. The second-order valence-electron chi connectivity index (χ2n) is 8.70. The Morgan fingerprint density at radius 1 is 1.19 bits per heavy atom. The van der Waals surface area contributed by atoms with Crippen LogP contribution in [0.3, 0.4) is 0 Å². The van der Waals surface area contributed by atoms with Crippen LogP contribution in [0.15, 0.2) is 18.2 Å². The number of alkyl halides is 1. The van der Waals surface area contributed by atoms with Gasteiger partial charge in [-0.3, -0.25) is 10.5 Å². The van der Waals surface area contributed by atoms with E-state index in [-0.39, 0.29) is 30.3 Å². The number of ether oxygens (including phenoxy) is 2. The zero-order chi connectivity index (χ0) is 23.6. The van der Waals surface area contributed by atoms with Crippen molar-refractivity contribution in [3.8, 4) is 11.6 Å². The number of carbonyl (C=O) groups excluding carboxylic acids is 1. The van der Waals surface area contributed by atoms with Crippen LogP contribution in [0.5, 0.6) is 11.6 Å². The van der Waals surface area contributed by atoms with Crippen LogP contribution in [0.2, 0.25) is 0 Å². The van der Waals surface area contributed by atoms with Crippen molar-refractivity contribution in [1.82, 2.24) is 14.7 Å². The van der Waals surface area contributed by atoms with E-state index in [1.54, 1.807) is 6.07 Å². The lowest BCUT2D eigenvalue weighted by Crippen LogP contribution is -2.42. The molecule has 0 unspecified atom stereocenters. The highest BCUT2D eigenvalue weighted by atomic mass is 19.1. The molecule has 2 heterocycles. The Kier molecular flexibility index (Phi) is 6.66. The van der Waals surface area contributed by atoms with Gasteiger partial charge in [-0.2, -0.15) is 0 Å². The first kappa shape index (κ1) is 23.4. The van der Waals surface area contributed by atoms with E-state index >= 15 is 0 Å². The van der Waals surface area contributed by atoms with Gasteiger partial charge in [-0.25, -0.2) is 4.39 Å². The predicted octanol–water partition coefficient (Wildman–Crippen LogP) is 3.14. The Morgan fingerprint density at radius 2 is 1.91 bits per heavy atom. The Labute approximate surface area is 187 Å². The maximum Gasteiger partial charge on any atom is 0.401 e. The first-order chi connectivity index (χ1) is 15.1. The van der Waals surface area contributed by atoms with Gasteiger partial charge in [0, 0.05) is 16.7 Å². The minimum atomic E-state index is -0.605. The van der Waals surface area contributed by atoms with Gasteiger partial charge in [0.1, 0.15) is 19.0 Å². The molecular weight excluding hydrogens is 413 g/mol. The molecule has 8 nitrogen and oxygen atoms in total. The molecule has 0 bridgehead atoms. The van der Waals surface area contributed by atoms with E-state index in [1.807, 2.05) is 53.7 Å². The first-order valence-electron chi connectivity index (χ1n) is 10.6. The molecule has 0 radical (unpaired) electrons. The summed E-state index contributed by atoms with van der Waals surface area (Å²) in [6.45, 7) is 11.5. The number of halogens is 1. The van der Waals surface area contributed by atoms with Gasteiger partial charge in [0.2, 0.25) is 5.88 Å². The van der Waals surface area contributed by atoms with Gasteiger partial charge < -0.3 is 9.47 Å². The maximum atomic E-state index is 13.2. The van der Waals surface area contributed by atoms with Crippen molar-refractivity contribution in [2.75, 3.05) is 25.6 Å². The number of nitrogens with zero attached hydrogens (tertiary/aromatic N) is 4. The fraction of sp³-hybridized carbons (Fsp3) is 0.478. The number of aryl methyl sites for hydroxylation is 1. The maximum absolute atomic E-state index is 13.2. The quantitative estimate of drug-likeness (QED) is 0.424. The van der Waals surface area contributed by atoms with Gasteiger partial charge in [-0.1, -0.05) is 35.5 Å². The number of ketones is 1. The van der Waals surface area contributed by atoms with Crippen molar-refractivity contribution in [2.45, 2.75) is 53.5 Å². The van der Waals surface area contributed by atoms with Gasteiger partial charge in [0.25, 0.3) is 5.65 Å². The highest BCUT2D eigenvalue weighted by Crippen LogP contribution is 2.28. The number of rotatable bonds is 8. The highest BCUT2D eigenvalue weighted by molar-refractivity contribution is 5.95. The largest absolute Gasteiger partial charge is 0.491 e. The summed E-state index contributed by atoms with van der Waals surface area (Å²) in [5.74, 6) is 0.965. The van der Waals surface area contributed by atoms with Crippen LogP contribution >= 0.6 is 0 Å². The van der Waals surface area contributed by atoms with E-state index in [2.05, 4.69) is 10.2 Å². The van der Waals surface area contributed by atoms with Gasteiger partial charge in [0.15, 0.2) is 12.3 Å². The van der Waals surface area contributed by atoms with Crippen molar-refractivity contribution in [2.24, 2.45) is 0 Å². The van der Waals surface area contributed by atoms with E-state index in [1.165, 1.54) is 9.20 Å². The van der Waals surface area contributed by atoms with E-state index in [0.717, 1.165) is 16.7 Å². The Hall–Kier alpha value is -3.23. The molecule has 0 saturated heterocycles. The predicted molar refractivity (Wildman–Crippen MR) is 119 cm³/mol. The Morgan fingerprint density at radius 3 is 2.53 bits per heavy atom. The zero-order valence-electron chi connectivity index (χ0n) is 19.5. The number of hydrogen-bond acceptors (Lipinski definition) is 6. The normalized spacial score (nSPS) is 11.7. The number of fused-ring (bicyclic) bond motifs is 1. The molecule has 0 aliphatic heterocycles. The molecule has 2 N–H and O–H groups in total. The van der Waals surface area contributed by atoms with E-state index in [9.17, 15) is 9.18 Å². The minimum absolute atomic E-state index is 0.0676. The second-order valence-corrected chi connectivity index (χ2v) is 8.70. The number of carbonyl (C=O) groups is 1. The van der Waals surface area contributed by atoms with Crippen LogP contribution in [0.25, 0.3) is 5.65 Å². The van der Waals surface area contributed by atoms with Gasteiger partial charge >= 0.3 is 5.95 Å². The fourth-order valence-electron chi connectivity index (χ4n) is 3.30. The molecule has 9 heteroatoms. The van der Waals surface area contributed by atoms with E-state index in [0.29, 0.717) is 29.4 Å². The molecule has 0 fully saturated rings. The van der Waals surface area contributed by atoms with Crippen LogP contribution < -0.4 is 19.9 Å². The van der Waals surface area contributed by atoms with Crippen molar-refractivity contribution < 1.29 is 23.3 Å². The number of nitrogens with two attached hydrogens (primary N) is 1. The molecule has 2 aromatic heterocycles. The van der Waals surface area contributed by atoms with Crippen LogP contribution in [0.1, 0.15) is 54.7 Å². The topological polar surface area (TPSA) is 95.6 Å². The van der Waals surface area contributed by atoms with Crippen LogP contribution in [-0.2, 0) is 12.0 Å². The number of hydrogen-bond donors (Lipinski definition) is 1. The number of anilines is 1. The van der Waals surface area contributed by atoms with Gasteiger partial charge in [0.05, 0.1) is 6.61 Å². The molecule has 0 aliphatic carbocycles. The lowest BCUT2D eigenvalue weighted by atomic mass is 9.85. The monoisotopic (exact) mass is 444 g/mol. The Bertz CT molecular complexity index is 1150. The van der Waals surface area contributed by atoms with Gasteiger partial charge in [-0.15, -0.1) is 4.68 Å². The average molecular weight is 445 g/mol. The summed E-state index contributed by atoms with van der Waals surface area (Å²) >= 11 is 0. The summed E-state index contributed by atoms with van der Waals surface area (Å²) in [6.07, 6.45) is 0. The van der Waals surface area contributed by atoms with Crippen LogP contribution in [0.4, 0.5) is 10.3 Å². The van der Waals surface area contributed by atoms with Crippen molar-refractivity contribution in [3.05, 3.63) is 40.5 Å². The van der Waals surface area contributed by atoms with Gasteiger partial charge in [-0.05, 0) is 49.9 Å². The third kappa shape index (κ3) is 4.66. The second kappa shape index (κ2) is 9.10. The smallest absolute Gasteiger partial charge is 0.401 e. The standard InChI is InChI=1S/C23H30FN5O3/c1-7-31-21-15(3)14(2)20-26-28(22(25)29(20)27-21)13-19(30)16-10-17(23(4,5)6)12-18(11-16)32-9-8-24/h10-12,25H,7-9,13H2,1-6H3/p+1. The fourth-order valence-corrected chi connectivity index (χ4v) is 3.30. The average Bonchev–Trinajstić information content (AvgIpc) is 3.05. The third-order valence-corrected chi connectivity index (χ3v) is 5.32. The lowest BCUT2D eigenvalue weighted by molar-refractivity contribution is -0.723. The molecule has 1 aromatic carbocycles.